The Hall–Kier alpha value is -0.436. The Morgan fingerprint density at radius 3 is 2.16 bits per heavy atom. The summed E-state index contributed by atoms with van der Waals surface area (Å²) in [5.74, 6) is -0.212. The van der Waals surface area contributed by atoms with Gasteiger partial charge in [-0.1, -0.05) is 12.6 Å². The quantitative estimate of drug-likeness (QED) is 0.368. The van der Waals surface area contributed by atoms with Gasteiger partial charge in [0.05, 0.1) is 6.61 Å². The average Bonchev–Trinajstić information content (AvgIpc) is 2.31. The van der Waals surface area contributed by atoms with Crippen molar-refractivity contribution >= 4 is 23.8 Å². The second-order valence-corrected chi connectivity index (χ2v) is 10.8. The Labute approximate surface area is 121 Å². The first kappa shape index (κ1) is 18.6. The lowest BCUT2D eigenvalue weighted by Gasteiger charge is -2.20. The summed E-state index contributed by atoms with van der Waals surface area (Å²) in [5.41, 5.74) is 2.71. The highest BCUT2D eigenvalue weighted by molar-refractivity contribution is 7.08. The summed E-state index contributed by atoms with van der Waals surface area (Å²) in [5, 5.41) is 0. The van der Waals surface area contributed by atoms with Gasteiger partial charge in [-0.25, -0.2) is 4.79 Å². The summed E-state index contributed by atoms with van der Waals surface area (Å²) < 4.78 is 16.8. The van der Waals surface area contributed by atoms with Crippen molar-refractivity contribution in [3.63, 3.8) is 0 Å². The molecular weight excluding hydrogens is 276 g/mol. The van der Waals surface area contributed by atoms with E-state index in [2.05, 4.69) is 0 Å². The molecule has 19 heavy (non-hydrogen) atoms. The molecule has 0 aromatic rings. The molecule has 0 rings (SSSR count). The van der Waals surface area contributed by atoms with Gasteiger partial charge in [0.2, 0.25) is 0 Å². The van der Waals surface area contributed by atoms with Crippen LogP contribution in [0.3, 0.4) is 0 Å². The van der Waals surface area contributed by atoms with E-state index in [0.29, 0.717) is 12.2 Å². The molecule has 112 valence electrons. The highest BCUT2D eigenvalue weighted by Crippen LogP contribution is 2.02. The van der Waals surface area contributed by atoms with E-state index in [1.165, 1.54) is 0 Å². The summed E-state index contributed by atoms with van der Waals surface area (Å²) in [6.07, 6.45) is 1.22. The lowest BCUT2D eigenvalue weighted by atomic mass is 10.4. The molecule has 0 heterocycles. The second kappa shape index (κ2) is 10.4. The van der Waals surface area contributed by atoms with Gasteiger partial charge >= 0.3 is 5.97 Å². The van der Waals surface area contributed by atoms with Crippen molar-refractivity contribution in [3.05, 3.63) is 11.3 Å². The van der Waals surface area contributed by atoms with Crippen molar-refractivity contribution in [2.75, 3.05) is 6.61 Å². The molecule has 4 nitrogen and oxygen atoms in total. The van der Waals surface area contributed by atoms with E-state index in [1.54, 1.807) is 6.92 Å². The van der Waals surface area contributed by atoms with Crippen LogP contribution in [0.1, 0.15) is 48.0 Å². The highest BCUT2D eigenvalue weighted by atomic mass is 29.2. The van der Waals surface area contributed by atoms with E-state index in [1.807, 2.05) is 40.3 Å². The smallest absolute Gasteiger partial charge is 0.332 e. The van der Waals surface area contributed by atoms with Crippen LogP contribution in [0.15, 0.2) is 11.3 Å². The first-order valence-electron chi connectivity index (χ1n) is 7.01. The van der Waals surface area contributed by atoms with Gasteiger partial charge < -0.3 is 13.6 Å². The average molecular weight is 305 g/mol. The Balaban J connectivity index is 4.36. The minimum atomic E-state index is -1.62. The van der Waals surface area contributed by atoms with Gasteiger partial charge in [-0.3, -0.25) is 0 Å². The van der Waals surface area contributed by atoms with Crippen LogP contribution in [-0.2, 0) is 18.4 Å². The molecule has 0 saturated carbocycles. The van der Waals surface area contributed by atoms with Gasteiger partial charge in [-0.15, -0.1) is 0 Å². The number of hydrogen-bond donors (Lipinski definition) is 0. The van der Waals surface area contributed by atoms with Gasteiger partial charge in [0, 0.05) is 17.8 Å². The minimum absolute atomic E-state index is 0.184. The zero-order valence-corrected chi connectivity index (χ0v) is 15.6. The molecule has 0 radical (unpaired) electrons. The molecule has 0 N–H and O–H groups in total. The van der Waals surface area contributed by atoms with E-state index in [4.69, 9.17) is 13.6 Å². The summed E-state index contributed by atoms with van der Waals surface area (Å²) >= 11 is 0. The number of rotatable bonds is 9. The maximum Gasteiger partial charge on any atom is 0.332 e. The lowest BCUT2D eigenvalue weighted by molar-refractivity contribution is -0.138. The molecule has 0 spiro atoms. The third-order valence-electron chi connectivity index (χ3n) is 2.22. The van der Waals surface area contributed by atoms with Crippen molar-refractivity contribution < 1.29 is 18.4 Å². The van der Waals surface area contributed by atoms with Gasteiger partial charge in [0.25, 0.3) is 8.80 Å². The predicted octanol–water partition coefficient (Wildman–Crippen LogP) is 1.58. The standard InChI is InChI=1S/C13H28O4Si2/c1-7-8-15-13(14)12(6)9-18-19(16-10(2)3)17-11(4)5/h9-11,19H,7-8,18H2,1-6H3. The van der Waals surface area contributed by atoms with E-state index in [0.717, 1.165) is 6.42 Å². The predicted molar refractivity (Wildman–Crippen MR) is 83.1 cm³/mol. The largest absolute Gasteiger partial charge is 0.462 e. The fourth-order valence-electron chi connectivity index (χ4n) is 1.42. The van der Waals surface area contributed by atoms with Gasteiger partial charge in [-0.05, 0) is 41.0 Å². The maximum atomic E-state index is 11.6. The number of hydrogen-bond acceptors (Lipinski definition) is 4. The number of ether oxygens (including phenoxy) is 1. The molecule has 0 aromatic carbocycles. The van der Waals surface area contributed by atoms with Crippen LogP contribution in [0.5, 0.6) is 0 Å². The van der Waals surface area contributed by atoms with Crippen molar-refractivity contribution in [1.82, 2.24) is 0 Å². The lowest BCUT2D eigenvalue weighted by Crippen LogP contribution is -2.35. The first-order chi connectivity index (χ1) is 8.86. The van der Waals surface area contributed by atoms with Crippen LogP contribution >= 0.6 is 0 Å². The summed E-state index contributed by atoms with van der Waals surface area (Å²) in [4.78, 5) is 11.6. The van der Waals surface area contributed by atoms with Gasteiger partial charge in [0.15, 0.2) is 0 Å². The van der Waals surface area contributed by atoms with Gasteiger partial charge in [-0.2, -0.15) is 0 Å². The minimum Gasteiger partial charge on any atom is -0.462 e. The van der Waals surface area contributed by atoms with Crippen LogP contribution < -0.4 is 0 Å². The fourth-order valence-corrected chi connectivity index (χ4v) is 8.24. The van der Waals surface area contributed by atoms with E-state index in [9.17, 15) is 4.79 Å². The van der Waals surface area contributed by atoms with E-state index < -0.39 is 17.8 Å². The molecule has 0 aliphatic heterocycles. The Morgan fingerprint density at radius 1 is 1.21 bits per heavy atom. The van der Waals surface area contributed by atoms with Crippen LogP contribution in [-0.4, -0.2) is 42.6 Å². The summed E-state index contributed by atoms with van der Waals surface area (Å²) in [6, 6.07) is 0. The Bertz CT molecular complexity index is 280. The molecule has 0 amide bonds. The number of esters is 1. The van der Waals surface area contributed by atoms with Crippen molar-refractivity contribution in [2.45, 2.75) is 60.2 Å². The van der Waals surface area contributed by atoms with Gasteiger partial charge in [0.1, 0.15) is 9.04 Å². The normalized spacial score (nSPS) is 13.2. The molecule has 0 unspecified atom stereocenters. The molecule has 0 bridgehead atoms. The fraction of sp³-hybridized carbons (Fsp3) is 0.769. The topological polar surface area (TPSA) is 44.8 Å². The van der Waals surface area contributed by atoms with Crippen LogP contribution in [0, 0.1) is 0 Å². The summed E-state index contributed by atoms with van der Waals surface area (Å²) in [6.45, 7) is 12.3. The van der Waals surface area contributed by atoms with Crippen molar-refractivity contribution in [1.29, 1.82) is 0 Å². The molecule has 0 aromatic heterocycles. The van der Waals surface area contributed by atoms with E-state index >= 15 is 0 Å². The number of carbonyl (C=O) groups excluding carboxylic acids is 1. The maximum absolute atomic E-state index is 11.6. The van der Waals surface area contributed by atoms with Crippen LogP contribution in [0.25, 0.3) is 0 Å². The van der Waals surface area contributed by atoms with Crippen LogP contribution in [0.4, 0.5) is 0 Å². The first-order valence-corrected chi connectivity index (χ1v) is 12.0. The van der Waals surface area contributed by atoms with E-state index in [-0.39, 0.29) is 18.2 Å². The second-order valence-electron chi connectivity index (χ2n) is 5.06. The molecule has 0 atom stereocenters. The molecule has 0 fully saturated rings. The molecular formula is C13H28O4Si2. The zero-order valence-electron chi connectivity index (χ0n) is 13.1. The molecule has 0 aliphatic carbocycles. The Morgan fingerprint density at radius 2 is 1.74 bits per heavy atom. The number of carbonyl (C=O) groups is 1. The summed E-state index contributed by atoms with van der Waals surface area (Å²) in [7, 11) is -2.26. The third-order valence-corrected chi connectivity index (χ3v) is 8.17. The zero-order chi connectivity index (χ0) is 14.8. The molecule has 6 heteroatoms. The Kier molecular flexibility index (Phi) is 10.1. The highest BCUT2D eigenvalue weighted by Gasteiger charge is 2.17. The van der Waals surface area contributed by atoms with Crippen molar-refractivity contribution in [3.8, 4) is 0 Å². The van der Waals surface area contributed by atoms with Crippen LogP contribution in [0.2, 0.25) is 0 Å². The molecule has 0 saturated heterocycles. The third kappa shape index (κ3) is 10.1. The monoisotopic (exact) mass is 304 g/mol. The molecule has 0 aliphatic rings. The SMILES string of the molecule is CCCOC(=O)C(C)=C[SiH2][SiH](OC(C)C)OC(C)C. The van der Waals surface area contributed by atoms with Crippen molar-refractivity contribution in [2.24, 2.45) is 0 Å².